The number of hydrogen-bond donors (Lipinski definition) is 1. The first kappa shape index (κ1) is 18.3. The van der Waals surface area contributed by atoms with Gasteiger partial charge in [0, 0.05) is 37.8 Å². The van der Waals surface area contributed by atoms with Crippen molar-refractivity contribution >= 4 is 17.6 Å². The van der Waals surface area contributed by atoms with Crippen molar-refractivity contribution in [3.63, 3.8) is 0 Å². The van der Waals surface area contributed by atoms with E-state index in [0.29, 0.717) is 18.7 Å². The van der Waals surface area contributed by atoms with Crippen LogP contribution in [0.3, 0.4) is 0 Å². The Morgan fingerprint density at radius 2 is 2.07 bits per heavy atom. The first-order valence-electron chi connectivity index (χ1n) is 10.2. The maximum Gasteiger partial charge on any atom is 0.255 e. The SMILES string of the molecule is CN(C(=O)C1CCC1)[C@H]1CCN(C(=O)c2cnc3c(c2)CCC(C)(C)N3)C1. The fourth-order valence-electron chi connectivity index (χ4n) is 4.31. The van der Waals surface area contributed by atoms with Crippen LogP contribution in [0.4, 0.5) is 5.82 Å². The number of amides is 2. The van der Waals surface area contributed by atoms with E-state index in [1.807, 2.05) is 22.9 Å². The summed E-state index contributed by atoms with van der Waals surface area (Å²) in [6.45, 7) is 5.66. The zero-order valence-electron chi connectivity index (χ0n) is 16.6. The summed E-state index contributed by atoms with van der Waals surface area (Å²) in [6.07, 6.45) is 7.70. The number of aryl methyl sites for hydroxylation is 1. The molecule has 3 aliphatic rings. The molecule has 6 nitrogen and oxygen atoms in total. The van der Waals surface area contributed by atoms with Crippen LogP contribution in [0.5, 0.6) is 0 Å². The van der Waals surface area contributed by atoms with Crippen LogP contribution in [0.25, 0.3) is 0 Å². The first-order valence-corrected chi connectivity index (χ1v) is 10.2. The average Bonchev–Trinajstić information content (AvgIpc) is 3.07. The van der Waals surface area contributed by atoms with E-state index >= 15 is 0 Å². The third kappa shape index (κ3) is 3.54. The van der Waals surface area contributed by atoms with Crippen molar-refractivity contribution in [2.45, 2.75) is 64.0 Å². The first-order chi connectivity index (χ1) is 12.8. The lowest BCUT2D eigenvalue weighted by Crippen LogP contribution is -2.44. The van der Waals surface area contributed by atoms with Gasteiger partial charge in [0.25, 0.3) is 5.91 Å². The van der Waals surface area contributed by atoms with E-state index in [1.54, 1.807) is 6.20 Å². The molecule has 0 aromatic carbocycles. The minimum Gasteiger partial charge on any atom is -0.365 e. The summed E-state index contributed by atoms with van der Waals surface area (Å²) in [7, 11) is 1.90. The molecule has 2 amide bonds. The Morgan fingerprint density at radius 3 is 2.78 bits per heavy atom. The highest BCUT2D eigenvalue weighted by Gasteiger charge is 2.36. The quantitative estimate of drug-likeness (QED) is 0.888. The fraction of sp³-hybridized carbons (Fsp3) is 0.667. The number of rotatable bonds is 3. The summed E-state index contributed by atoms with van der Waals surface area (Å²) in [5.41, 5.74) is 1.82. The average molecular weight is 370 g/mol. The van der Waals surface area contributed by atoms with Crippen LogP contribution >= 0.6 is 0 Å². The molecule has 146 valence electrons. The second-order valence-corrected chi connectivity index (χ2v) is 9.01. The molecule has 1 aromatic heterocycles. The monoisotopic (exact) mass is 370 g/mol. The topological polar surface area (TPSA) is 65.5 Å². The lowest BCUT2D eigenvalue weighted by molar-refractivity contribution is -0.138. The second-order valence-electron chi connectivity index (χ2n) is 9.01. The van der Waals surface area contributed by atoms with Gasteiger partial charge in [0.2, 0.25) is 5.91 Å². The molecule has 1 atom stereocenters. The molecule has 4 rings (SSSR count). The van der Waals surface area contributed by atoms with Crippen LogP contribution in [-0.2, 0) is 11.2 Å². The third-order valence-corrected chi connectivity index (χ3v) is 6.49. The normalized spacial score (nSPS) is 24.0. The summed E-state index contributed by atoms with van der Waals surface area (Å²) in [4.78, 5) is 33.7. The molecule has 6 heteroatoms. The van der Waals surface area contributed by atoms with E-state index in [9.17, 15) is 9.59 Å². The predicted molar refractivity (Wildman–Crippen MR) is 105 cm³/mol. The van der Waals surface area contributed by atoms with Crippen LogP contribution in [-0.4, -0.2) is 58.3 Å². The number of hydrogen-bond acceptors (Lipinski definition) is 4. The van der Waals surface area contributed by atoms with Crippen molar-refractivity contribution in [2.75, 3.05) is 25.5 Å². The van der Waals surface area contributed by atoms with E-state index in [1.165, 1.54) is 0 Å². The van der Waals surface area contributed by atoms with Gasteiger partial charge in [-0.05, 0) is 57.6 Å². The second kappa shape index (κ2) is 6.80. The number of carbonyl (C=O) groups excluding carboxylic acids is 2. The number of carbonyl (C=O) groups is 2. The van der Waals surface area contributed by atoms with Crippen molar-refractivity contribution < 1.29 is 9.59 Å². The Balaban J connectivity index is 1.41. The largest absolute Gasteiger partial charge is 0.365 e. The zero-order chi connectivity index (χ0) is 19.2. The number of likely N-dealkylation sites (N-methyl/N-ethyl adjacent to an activating group) is 1. The summed E-state index contributed by atoms with van der Waals surface area (Å²) >= 11 is 0. The van der Waals surface area contributed by atoms with Gasteiger partial charge in [0.15, 0.2) is 0 Å². The summed E-state index contributed by atoms with van der Waals surface area (Å²) < 4.78 is 0. The van der Waals surface area contributed by atoms with Gasteiger partial charge in [-0.2, -0.15) is 0 Å². The van der Waals surface area contributed by atoms with Crippen molar-refractivity contribution in [1.29, 1.82) is 0 Å². The van der Waals surface area contributed by atoms with Gasteiger partial charge in [-0.25, -0.2) is 4.98 Å². The Labute approximate surface area is 161 Å². The maximum atomic E-state index is 13.0. The molecule has 0 unspecified atom stereocenters. The van der Waals surface area contributed by atoms with Crippen LogP contribution < -0.4 is 5.32 Å². The molecule has 1 saturated heterocycles. The number of pyridine rings is 1. The Kier molecular flexibility index (Phi) is 4.60. The Bertz CT molecular complexity index is 757. The lowest BCUT2D eigenvalue weighted by Gasteiger charge is -2.33. The molecular weight excluding hydrogens is 340 g/mol. The molecule has 2 aliphatic heterocycles. The van der Waals surface area contributed by atoms with Crippen molar-refractivity contribution in [1.82, 2.24) is 14.8 Å². The minimum atomic E-state index is 0.0297. The molecule has 1 aliphatic carbocycles. The van der Waals surface area contributed by atoms with Crippen molar-refractivity contribution in [3.05, 3.63) is 23.4 Å². The van der Waals surface area contributed by atoms with E-state index < -0.39 is 0 Å². The van der Waals surface area contributed by atoms with Crippen LogP contribution in [0.15, 0.2) is 12.3 Å². The van der Waals surface area contributed by atoms with E-state index in [2.05, 4.69) is 24.1 Å². The van der Waals surface area contributed by atoms with Crippen LogP contribution in [0.1, 0.15) is 61.9 Å². The van der Waals surface area contributed by atoms with Gasteiger partial charge in [0.05, 0.1) is 11.6 Å². The number of aromatic nitrogens is 1. The number of nitrogens with one attached hydrogen (secondary N) is 1. The van der Waals surface area contributed by atoms with Gasteiger partial charge < -0.3 is 15.1 Å². The van der Waals surface area contributed by atoms with Crippen molar-refractivity contribution in [3.8, 4) is 0 Å². The zero-order valence-corrected chi connectivity index (χ0v) is 16.6. The lowest BCUT2D eigenvalue weighted by atomic mass is 9.84. The Morgan fingerprint density at radius 1 is 1.30 bits per heavy atom. The Hall–Kier alpha value is -2.11. The number of likely N-dealkylation sites (tertiary alicyclic amines) is 1. The molecular formula is C21H30N4O2. The summed E-state index contributed by atoms with van der Waals surface area (Å²) in [6, 6.07) is 2.12. The van der Waals surface area contributed by atoms with Crippen LogP contribution in [0, 0.1) is 5.92 Å². The van der Waals surface area contributed by atoms with Gasteiger partial charge in [-0.1, -0.05) is 6.42 Å². The molecule has 0 bridgehead atoms. The molecule has 1 saturated carbocycles. The fourth-order valence-corrected chi connectivity index (χ4v) is 4.31. The van der Waals surface area contributed by atoms with Gasteiger partial charge in [-0.3, -0.25) is 9.59 Å². The molecule has 1 N–H and O–H groups in total. The number of fused-ring (bicyclic) bond motifs is 1. The van der Waals surface area contributed by atoms with E-state index in [-0.39, 0.29) is 29.3 Å². The smallest absolute Gasteiger partial charge is 0.255 e. The highest BCUT2D eigenvalue weighted by Crippen LogP contribution is 2.31. The standard InChI is InChI=1S/C21H30N4O2/c1-21(2)9-7-15-11-16(12-22-18(15)23-21)20(27)25-10-8-17(13-25)24(3)19(26)14-5-4-6-14/h11-12,14,17H,4-10,13H2,1-3H3,(H,22,23)/t17-/m0/s1. The van der Waals surface area contributed by atoms with Crippen LogP contribution in [0.2, 0.25) is 0 Å². The number of anilines is 1. The summed E-state index contributed by atoms with van der Waals surface area (Å²) in [5, 5.41) is 3.45. The molecule has 1 aromatic rings. The van der Waals surface area contributed by atoms with Gasteiger partial charge in [-0.15, -0.1) is 0 Å². The highest BCUT2D eigenvalue weighted by atomic mass is 16.2. The molecule has 0 radical (unpaired) electrons. The maximum absolute atomic E-state index is 13.0. The highest BCUT2D eigenvalue weighted by molar-refractivity contribution is 5.94. The molecule has 2 fully saturated rings. The molecule has 27 heavy (non-hydrogen) atoms. The van der Waals surface area contributed by atoms with Crippen molar-refractivity contribution in [2.24, 2.45) is 5.92 Å². The number of nitrogens with zero attached hydrogens (tertiary/aromatic N) is 3. The molecule has 0 spiro atoms. The van der Waals surface area contributed by atoms with E-state index in [0.717, 1.165) is 49.9 Å². The van der Waals surface area contributed by atoms with Gasteiger partial charge in [0.1, 0.15) is 5.82 Å². The van der Waals surface area contributed by atoms with Gasteiger partial charge >= 0.3 is 0 Å². The summed E-state index contributed by atoms with van der Waals surface area (Å²) in [5.74, 6) is 1.39. The van der Waals surface area contributed by atoms with E-state index in [4.69, 9.17) is 0 Å². The predicted octanol–water partition coefficient (Wildman–Crippen LogP) is 2.69. The third-order valence-electron chi connectivity index (χ3n) is 6.49. The molecule has 3 heterocycles. The minimum absolute atomic E-state index is 0.0297.